The highest BCUT2D eigenvalue weighted by molar-refractivity contribution is 5.82. The van der Waals surface area contributed by atoms with E-state index in [1.807, 2.05) is 12.4 Å². The summed E-state index contributed by atoms with van der Waals surface area (Å²) in [6.45, 7) is 4.07. The van der Waals surface area contributed by atoms with Crippen LogP contribution in [0.4, 0.5) is 0 Å². The number of benzene rings is 1. The monoisotopic (exact) mass is 498 g/mol. The summed E-state index contributed by atoms with van der Waals surface area (Å²) in [5.74, 6) is 1.10. The first kappa shape index (κ1) is 22.9. The SMILES string of the molecule is CC12CC=C3C=C4CC[C@@H](NCC5(O)COC5)C[C@]45CC[C@]3(O5)[C@@H]1CCC2c1ccc2ccncc2c1. The molecule has 3 aliphatic heterocycles. The van der Waals surface area contributed by atoms with Crippen LogP contribution in [-0.4, -0.2) is 52.7 Å². The van der Waals surface area contributed by atoms with Gasteiger partial charge in [0.05, 0.1) is 24.4 Å². The summed E-state index contributed by atoms with van der Waals surface area (Å²) in [6.07, 6.45) is 18.1. The number of nitrogens with zero attached hydrogens (tertiary/aromatic N) is 1. The van der Waals surface area contributed by atoms with Crippen LogP contribution in [0.5, 0.6) is 0 Å². The number of ether oxygens (including phenoxy) is 2. The molecule has 5 heteroatoms. The third-order valence-electron chi connectivity index (χ3n) is 11.2. The molecule has 0 radical (unpaired) electrons. The summed E-state index contributed by atoms with van der Waals surface area (Å²) in [4.78, 5) is 4.38. The molecule has 4 fully saturated rings. The summed E-state index contributed by atoms with van der Waals surface area (Å²) in [5.41, 5.74) is 3.73. The first-order valence-corrected chi connectivity index (χ1v) is 14.4. The number of rotatable bonds is 4. The summed E-state index contributed by atoms with van der Waals surface area (Å²) in [6, 6.07) is 9.54. The topological polar surface area (TPSA) is 63.6 Å². The van der Waals surface area contributed by atoms with Crippen LogP contribution in [0, 0.1) is 11.3 Å². The molecule has 0 amide bonds. The minimum absolute atomic E-state index is 0.128. The lowest BCUT2D eigenvalue weighted by atomic mass is 9.58. The van der Waals surface area contributed by atoms with Crippen molar-refractivity contribution >= 4 is 10.8 Å². The van der Waals surface area contributed by atoms with E-state index in [4.69, 9.17) is 9.47 Å². The average molecular weight is 499 g/mol. The largest absolute Gasteiger partial charge is 0.384 e. The van der Waals surface area contributed by atoms with E-state index < -0.39 is 5.60 Å². The standard InChI is InChI=1S/C32H38N2O3/c1-29-10-8-25-15-24-4-5-26(34-18-30(35)19-36-20-30)16-31(24)11-12-32(25,37-31)28(29)7-6-27(29)22-3-2-21-9-13-33-17-23(21)14-22/h2-3,8-9,13-15,17,26-28,34-35H,4-7,10-12,16,18-20H2,1H3/t26-,27?,28-,29?,31-,32-/m1/s1. The number of allylic oxidation sites excluding steroid dienone is 1. The molecule has 1 aromatic carbocycles. The fraction of sp³-hybridized carbons (Fsp3) is 0.594. The maximum absolute atomic E-state index is 10.5. The molecule has 1 aromatic heterocycles. The Morgan fingerprint density at radius 3 is 2.89 bits per heavy atom. The fourth-order valence-electron chi connectivity index (χ4n) is 9.22. The van der Waals surface area contributed by atoms with Crippen molar-refractivity contribution in [1.82, 2.24) is 10.3 Å². The van der Waals surface area contributed by atoms with Crippen LogP contribution in [0.15, 0.2) is 60.0 Å². The van der Waals surface area contributed by atoms with Crippen LogP contribution in [0.2, 0.25) is 0 Å². The van der Waals surface area contributed by atoms with E-state index in [9.17, 15) is 5.11 Å². The minimum Gasteiger partial charge on any atom is -0.384 e. The molecular weight excluding hydrogens is 460 g/mol. The normalized spacial score (nSPS) is 41.3. The van der Waals surface area contributed by atoms with Crippen LogP contribution in [0.25, 0.3) is 10.8 Å². The zero-order valence-electron chi connectivity index (χ0n) is 21.8. The van der Waals surface area contributed by atoms with E-state index in [1.54, 1.807) is 0 Å². The summed E-state index contributed by atoms with van der Waals surface area (Å²) in [5, 5.41) is 16.7. The van der Waals surface area contributed by atoms with Gasteiger partial charge in [-0.1, -0.05) is 31.2 Å². The van der Waals surface area contributed by atoms with E-state index >= 15 is 0 Å². The van der Waals surface area contributed by atoms with Crippen molar-refractivity contribution in [2.75, 3.05) is 19.8 Å². The molecule has 2 bridgehead atoms. The Kier molecular flexibility index (Phi) is 4.80. The predicted octanol–water partition coefficient (Wildman–Crippen LogP) is 5.20. The van der Waals surface area contributed by atoms with Gasteiger partial charge in [0, 0.05) is 30.4 Å². The van der Waals surface area contributed by atoms with E-state index in [0.29, 0.717) is 37.6 Å². The van der Waals surface area contributed by atoms with Gasteiger partial charge in [-0.25, -0.2) is 0 Å². The molecule has 6 aliphatic rings. The molecule has 2 aromatic rings. The van der Waals surface area contributed by atoms with Gasteiger partial charge >= 0.3 is 0 Å². The van der Waals surface area contributed by atoms with Crippen LogP contribution < -0.4 is 5.32 Å². The molecule has 4 heterocycles. The van der Waals surface area contributed by atoms with Gasteiger partial charge < -0.3 is 19.9 Å². The molecule has 5 nitrogen and oxygen atoms in total. The van der Waals surface area contributed by atoms with Gasteiger partial charge in [0.15, 0.2) is 0 Å². The van der Waals surface area contributed by atoms with Gasteiger partial charge in [-0.3, -0.25) is 4.98 Å². The highest BCUT2D eigenvalue weighted by atomic mass is 16.5. The molecule has 2 unspecified atom stereocenters. The molecular formula is C32H38N2O3. The van der Waals surface area contributed by atoms with Crippen LogP contribution in [-0.2, 0) is 9.47 Å². The Balaban J connectivity index is 1.09. The van der Waals surface area contributed by atoms with E-state index in [1.165, 1.54) is 40.3 Å². The molecule has 2 saturated carbocycles. The molecule has 3 aliphatic carbocycles. The predicted molar refractivity (Wildman–Crippen MR) is 143 cm³/mol. The van der Waals surface area contributed by atoms with Gasteiger partial charge in [-0.15, -0.1) is 0 Å². The van der Waals surface area contributed by atoms with Gasteiger partial charge in [-0.05, 0) is 103 Å². The minimum atomic E-state index is -0.684. The molecule has 2 saturated heterocycles. The second kappa shape index (κ2) is 7.75. The van der Waals surface area contributed by atoms with E-state index in [2.05, 4.69) is 53.6 Å². The van der Waals surface area contributed by atoms with Crippen molar-refractivity contribution < 1.29 is 14.6 Å². The van der Waals surface area contributed by atoms with Crippen LogP contribution in [0.1, 0.15) is 69.8 Å². The molecule has 194 valence electrons. The second-order valence-electron chi connectivity index (χ2n) is 13.2. The number of aromatic nitrogens is 1. The Labute approximate surface area is 219 Å². The quantitative estimate of drug-likeness (QED) is 0.607. The lowest BCUT2D eigenvalue weighted by Crippen LogP contribution is -2.59. The summed E-state index contributed by atoms with van der Waals surface area (Å²) in [7, 11) is 0. The third kappa shape index (κ3) is 3.21. The number of pyridine rings is 1. The van der Waals surface area contributed by atoms with Gasteiger partial charge in [0.1, 0.15) is 5.60 Å². The first-order chi connectivity index (χ1) is 17.9. The number of hydrogen-bond acceptors (Lipinski definition) is 5. The van der Waals surface area contributed by atoms with Crippen molar-refractivity contribution in [1.29, 1.82) is 0 Å². The molecule has 2 N–H and O–H groups in total. The van der Waals surface area contributed by atoms with Crippen molar-refractivity contribution in [3.8, 4) is 0 Å². The van der Waals surface area contributed by atoms with Gasteiger partial charge in [-0.2, -0.15) is 0 Å². The van der Waals surface area contributed by atoms with Gasteiger partial charge in [0.25, 0.3) is 0 Å². The summed E-state index contributed by atoms with van der Waals surface area (Å²) < 4.78 is 12.7. The van der Waals surface area contributed by atoms with E-state index in [-0.39, 0.29) is 16.6 Å². The summed E-state index contributed by atoms with van der Waals surface area (Å²) >= 11 is 0. The number of aliphatic hydroxyl groups is 1. The number of hydrogen-bond donors (Lipinski definition) is 2. The zero-order chi connectivity index (χ0) is 24.9. The third-order valence-corrected chi connectivity index (χ3v) is 11.2. The second-order valence-corrected chi connectivity index (χ2v) is 13.2. The number of nitrogens with one attached hydrogen (secondary N) is 1. The first-order valence-electron chi connectivity index (χ1n) is 14.4. The highest BCUT2D eigenvalue weighted by Gasteiger charge is 2.66. The molecule has 8 rings (SSSR count). The maximum Gasteiger partial charge on any atom is 0.123 e. The zero-order valence-corrected chi connectivity index (χ0v) is 21.8. The average Bonchev–Trinajstić information content (AvgIpc) is 3.41. The Morgan fingerprint density at radius 1 is 1.11 bits per heavy atom. The lowest BCUT2D eigenvalue weighted by molar-refractivity contribution is -0.177. The number of fused-ring (bicyclic) bond motifs is 2. The van der Waals surface area contributed by atoms with Crippen molar-refractivity contribution in [3.63, 3.8) is 0 Å². The van der Waals surface area contributed by atoms with Crippen molar-refractivity contribution in [2.24, 2.45) is 11.3 Å². The highest BCUT2D eigenvalue weighted by Crippen LogP contribution is 2.69. The van der Waals surface area contributed by atoms with E-state index in [0.717, 1.165) is 38.5 Å². The maximum atomic E-state index is 10.5. The molecule has 37 heavy (non-hydrogen) atoms. The lowest BCUT2D eigenvalue weighted by Gasteiger charge is -2.54. The Bertz CT molecular complexity index is 1330. The van der Waals surface area contributed by atoms with Crippen LogP contribution in [0.3, 0.4) is 0 Å². The molecule has 2 spiro atoms. The van der Waals surface area contributed by atoms with Crippen molar-refractivity contribution in [2.45, 2.75) is 87.1 Å². The van der Waals surface area contributed by atoms with Crippen molar-refractivity contribution in [3.05, 3.63) is 65.5 Å². The Hall–Kier alpha value is -2.05. The molecule has 6 atom stereocenters. The van der Waals surface area contributed by atoms with Gasteiger partial charge in [0.2, 0.25) is 0 Å². The smallest absolute Gasteiger partial charge is 0.123 e. The fourth-order valence-corrected chi connectivity index (χ4v) is 9.22. The van der Waals surface area contributed by atoms with Crippen LogP contribution >= 0.6 is 0 Å². The Morgan fingerprint density at radius 2 is 2.03 bits per heavy atom.